The molecule has 0 aliphatic rings. The summed E-state index contributed by atoms with van der Waals surface area (Å²) in [6.45, 7) is 9.62. The molecule has 18 heavy (non-hydrogen) atoms. The van der Waals surface area contributed by atoms with Gasteiger partial charge in [0, 0.05) is 13.1 Å². The maximum absolute atomic E-state index is 11.7. The van der Waals surface area contributed by atoms with Crippen LogP contribution in [0.5, 0.6) is 0 Å². The number of benzene rings is 1. The van der Waals surface area contributed by atoms with E-state index in [-0.39, 0.29) is 11.9 Å². The van der Waals surface area contributed by atoms with E-state index in [1.807, 2.05) is 13.8 Å². The van der Waals surface area contributed by atoms with Crippen molar-refractivity contribution in [2.75, 3.05) is 6.54 Å². The monoisotopic (exact) mass is 248 g/mol. The van der Waals surface area contributed by atoms with Gasteiger partial charge < -0.3 is 10.6 Å². The molecule has 3 nitrogen and oxygen atoms in total. The van der Waals surface area contributed by atoms with Crippen LogP contribution in [0.15, 0.2) is 18.2 Å². The minimum Gasteiger partial charge on any atom is -0.355 e. The van der Waals surface area contributed by atoms with Gasteiger partial charge in [0.15, 0.2) is 0 Å². The highest BCUT2D eigenvalue weighted by Crippen LogP contribution is 2.09. The van der Waals surface area contributed by atoms with Crippen LogP contribution in [0.1, 0.15) is 37.0 Å². The summed E-state index contributed by atoms with van der Waals surface area (Å²) >= 11 is 0. The van der Waals surface area contributed by atoms with E-state index in [9.17, 15) is 4.79 Å². The molecule has 0 spiro atoms. The SMILES string of the molecule is CCCNC(=O)C(C)NCc1ccc(C)c(C)c1. The molecule has 2 N–H and O–H groups in total. The van der Waals surface area contributed by atoms with Gasteiger partial charge in [0.1, 0.15) is 0 Å². The fourth-order valence-corrected chi connectivity index (χ4v) is 1.68. The van der Waals surface area contributed by atoms with Crippen LogP contribution in [0, 0.1) is 13.8 Å². The molecule has 0 saturated heterocycles. The zero-order chi connectivity index (χ0) is 13.5. The van der Waals surface area contributed by atoms with Crippen molar-refractivity contribution in [1.29, 1.82) is 0 Å². The van der Waals surface area contributed by atoms with Gasteiger partial charge in [0.2, 0.25) is 5.91 Å². The van der Waals surface area contributed by atoms with Gasteiger partial charge in [0.25, 0.3) is 0 Å². The summed E-state index contributed by atoms with van der Waals surface area (Å²) in [5, 5.41) is 6.13. The molecule has 3 heteroatoms. The zero-order valence-corrected chi connectivity index (χ0v) is 11.8. The Morgan fingerprint density at radius 1 is 1.28 bits per heavy atom. The molecule has 0 aromatic heterocycles. The normalized spacial score (nSPS) is 12.2. The Labute approximate surface area is 110 Å². The van der Waals surface area contributed by atoms with E-state index in [1.165, 1.54) is 16.7 Å². The number of rotatable bonds is 6. The van der Waals surface area contributed by atoms with Crippen LogP contribution < -0.4 is 10.6 Å². The molecule has 0 radical (unpaired) electrons. The first-order valence-corrected chi connectivity index (χ1v) is 6.61. The third-order valence-electron chi connectivity index (χ3n) is 3.13. The third kappa shape index (κ3) is 4.49. The number of aryl methyl sites for hydroxylation is 2. The second kappa shape index (κ2) is 7.17. The first kappa shape index (κ1) is 14.7. The molecule has 1 rings (SSSR count). The lowest BCUT2D eigenvalue weighted by Crippen LogP contribution is -2.42. The summed E-state index contributed by atoms with van der Waals surface area (Å²) < 4.78 is 0. The van der Waals surface area contributed by atoms with E-state index in [0.717, 1.165) is 19.5 Å². The lowest BCUT2D eigenvalue weighted by molar-refractivity contribution is -0.122. The van der Waals surface area contributed by atoms with Gasteiger partial charge in [-0.05, 0) is 43.9 Å². The maximum Gasteiger partial charge on any atom is 0.236 e. The van der Waals surface area contributed by atoms with Gasteiger partial charge >= 0.3 is 0 Å². The van der Waals surface area contributed by atoms with Gasteiger partial charge in [-0.25, -0.2) is 0 Å². The first-order chi connectivity index (χ1) is 8.54. The van der Waals surface area contributed by atoms with Crippen molar-refractivity contribution in [1.82, 2.24) is 10.6 Å². The molecular formula is C15H24N2O. The van der Waals surface area contributed by atoms with Crippen molar-refractivity contribution in [3.05, 3.63) is 34.9 Å². The zero-order valence-electron chi connectivity index (χ0n) is 11.8. The van der Waals surface area contributed by atoms with Crippen LogP contribution >= 0.6 is 0 Å². The number of carbonyl (C=O) groups excluding carboxylic acids is 1. The Hall–Kier alpha value is -1.35. The summed E-state index contributed by atoms with van der Waals surface area (Å²) in [5.74, 6) is 0.0701. The van der Waals surface area contributed by atoms with Crippen molar-refractivity contribution in [2.45, 2.75) is 46.7 Å². The second-order valence-corrected chi connectivity index (χ2v) is 4.81. The molecule has 0 aliphatic heterocycles. The summed E-state index contributed by atoms with van der Waals surface area (Å²) in [5.41, 5.74) is 3.80. The molecular weight excluding hydrogens is 224 g/mol. The summed E-state index contributed by atoms with van der Waals surface area (Å²) in [7, 11) is 0. The van der Waals surface area contributed by atoms with E-state index in [1.54, 1.807) is 0 Å². The number of amides is 1. The van der Waals surface area contributed by atoms with E-state index in [4.69, 9.17) is 0 Å². The van der Waals surface area contributed by atoms with Crippen LogP contribution in [0.3, 0.4) is 0 Å². The highest BCUT2D eigenvalue weighted by atomic mass is 16.2. The van der Waals surface area contributed by atoms with Crippen molar-refractivity contribution in [3.63, 3.8) is 0 Å². The van der Waals surface area contributed by atoms with Crippen molar-refractivity contribution < 1.29 is 4.79 Å². The Kier molecular flexibility index (Phi) is 5.86. The largest absolute Gasteiger partial charge is 0.355 e. The Morgan fingerprint density at radius 3 is 2.61 bits per heavy atom. The minimum absolute atomic E-state index is 0.0701. The van der Waals surface area contributed by atoms with Crippen molar-refractivity contribution in [2.24, 2.45) is 0 Å². The fourth-order valence-electron chi connectivity index (χ4n) is 1.68. The molecule has 0 aliphatic carbocycles. The average Bonchev–Trinajstić information content (AvgIpc) is 2.36. The smallest absolute Gasteiger partial charge is 0.236 e. The standard InChI is InChI=1S/C15H24N2O/c1-5-8-16-15(18)13(4)17-10-14-7-6-11(2)12(3)9-14/h6-7,9,13,17H,5,8,10H2,1-4H3,(H,16,18). The summed E-state index contributed by atoms with van der Waals surface area (Å²) in [6.07, 6.45) is 0.968. The second-order valence-electron chi connectivity index (χ2n) is 4.81. The van der Waals surface area contributed by atoms with Gasteiger partial charge in [-0.3, -0.25) is 4.79 Å². The lowest BCUT2D eigenvalue weighted by Gasteiger charge is -2.14. The molecule has 0 heterocycles. The molecule has 1 amide bonds. The quantitative estimate of drug-likeness (QED) is 0.811. The van der Waals surface area contributed by atoms with Crippen molar-refractivity contribution >= 4 is 5.91 Å². The molecule has 100 valence electrons. The number of nitrogens with one attached hydrogen (secondary N) is 2. The van der Waals surface area contributed by atoms with E-state index in [0.29, 0.717) is 0 Å². The highest BCUT2D eigenvalue weighted by molar-refractivity contribution is 5.81. The van der Waals surface area contributed by atoms with Crippen LogP contribution in [0.2, 0.25) is 0 Å². The molecule has 1 atom stereocenters. The molecule has 1 unspecified atom stereocenters. The Bertz CT molecular complexity index is 401. The number of carbonyl (C=O) groups is 1. The van der Waals surface area contributed by atoms with Crippen LogP contribution in [0.25, 0.3) is 0 Å². The van der Waals surface area contributed by atoms with E-state index < -0.39 is 0 Å². The number of hydrogen-bond acceptors (Lipinski definition) is 2. The van der Waals surface area contributed by atoms with E-state index >= 15 is 0 Å². The molecule has 1 aromatic rings. The van der Waals surface area contributed by atoms with Crippen LogP contribution in [-0.4, -0.2) is 18.5 Å². The minimum atomic E-state index is -0.154. The Morgan fingerprint density at radius 2 is 2.00 bits per heavy atom. The van der Waals surface area contributed by atoms with Crippen LogP contribution in [-0.2, 0) is 11.3 Å². The van der Waals surface area contributed by atoms with Crippen LogP contribution in [0.4, 0.5) is 0 Å². The number of hydrogen-bond donors (Lipinski definition) is 2. The van der Waals surface area contributed by atoms with Gasteiger partial charge in [-0.2, -0.15) is 0 Å². The molecule has 0 fully saturated rings. The van der Waals surface area contributed by atoms with Crippen molar-refractivity contribution in [3.8, 4) is 0 Å². The van der Waals surface area contributed by atoms with Gasteiger partial charge in [0.05, 0.1) is 6.04 Å². The predicted octanol–water partition coefficient (Wildman–Crippen LogP) is 2.31. The van der Waals surface area contributed by atoms with Gasteiger partial charge in [-0.15, -0.1) is 0 Å². The molecule has 0 saturated carbocycles. The third-order valence-corrected chi connectivity index (χ3v) is 3.13. The molecule has 0 bridgehead atoms. The topological polar surface area (TPSA) is 41.1 Å². The van der Waals surface area contributed by atoms with E-state index in [2.05, 4.69) is 42.7 Å². The first-order valence-electron chi connectivity index (χ1n) is 6.61. The van der Waals surface area contributed by atoms with Gasteiger partial charge in [-0.1, -0.05) is 25.1 Å². The average molecular weight is 248 g/mol. The maximum atomic E-state index is 11.7. The lowest BCUT2D eigenvalue weighted by atomic mass is 10.1. The summed E-state index contributed by atoms with van der Waals surface area (Å²) in [4.78, 5) is 11.7. The molecule has 1 aromatic carbocycles. The highest BCUT2D eigenvalue weighted by Gasteiger charge is 2.10. The predicted molar refractivity (Wildman–Crippen MR) is 75.5 cm³/mol. The Balaban J connectivity index is 2.44. The summed E-state index contributed by atoms with van der Waals surface area (Å²) in [6, 6.07) is 6.23. The fraction of sp³-hybridized carbons (Fsp3) is 0.533.